The third-order valence-electron chi connectivity index (χ3n) is 4.53. The lowest BCUT2D eigenvalue weighted by Crippen LogP contribution is -2.32. The van der Waals surface area contributed by atoms with Crippen LogP contribution in [0.15, 0.2) is 6.20 Å². The van der Waals surface area contributed by atoms with Gasteiger partial charge in [0, 0.05) is 25.3 Å². The van der Waals surface area contributed by atoms with Gasteiger partial charge in [-0.25, -0.2) is 0 Å². The molecule has 1 amide bonds. The summed E-state index contributed by atoms with van der Waals surface area (Å²) >= 11 is 0. The lowest BCUT2D eigenvalue weighted by molar-refractivity contribution is 0.0756. The predicted octanol–water partition coefficient (Wildman–Crippen LogP) is 2.19. The topological polar surface area (TPSA) is 64.2 Å². The van der Waals surface area contributed by atoms with Crippen LogP contribution in [0.2, 0.25) is 0 Å². The first-order chi connectivity index (χ1) is 9.94. The highest BCUT2D eigenvalue weighted by Gasteiger charge is 2.27. The van der Waals surface area contributed by atoms with E-state index in [1.807, 2.05) is 16.5 Å². The summed E-state index contributed by atoms with van der Waals surface area (Å²) in [6.07, 6.45) is 5.93. The second kappa shape index (κ2) is 6.60. The molecule has 5 heteroatoms. The van der Waals surface area contributed by atoms with E-state index in [1.165, 1.54) is 6.42 Å². The molecule has 1 aromatic rings. The third kappa shape index (κ3) is 3.84. The molecule has 1 fully saturated rings. The minimum absolute atomic E-state index is 0.129. The molecule has 1 saturated heterocycles. The van der Waals surface area contributed by atoms with E-state index < -0.39 is 0 Å². The maximum atomic E-state index is 12.7. The molecule has 0 unspecified atom stereocenters. The van der Waals surface area contributed by atoms with Gasteiger partial charge in [-0.3, -0.25) is 9.48 Å². The second-order valence-electron chi connectivity index (χ2n) is 6.82. The Bertz CT molecular complexity index is 492. The fourth-order valence-corrected chi connectivity index (χ4v) is 2.92. The van der Waals surface area contributed by atoms with Crippen molar-refractivity contribution in [2.75, 3.05) is 19.6 Å². The molecule has 0 bridgehead atoms. The Kier molecular flexibility index (Phi) is 5.04. The van der Waals surface area contributed by atoms with Gasteiger partial charge in [0.2, 0.25) is 0 Å². The smallest absolute Gasteiger partial charge is 0.257 e. The van der Waals surface area contributed by atoms with Gasteiger partial charge < -0.3 is 10.6 Å². The monoisotopic (exact) mass is 292 g/mol. The van der Waals surface area contributed by atoms with Crippen molar-refractivity contribution >= 4 is 5.91 Å². The molecule has 2 rings (SSSR count). The zero-order valence-electron chi connectivity index (χ0n) is 13.6. The molecule has 0 spiro atoms. The van der Waals surface area contributed by atoms with Gasteiger partial charge in [-0.2, -0.15) is 5.10 Å². The van der Waals surface area contributed by atoms with Gasteiger partial charge >= 0.3 is 0 Å². The number of hydrogen-bond acceptors (Lipinski definition) is 3. The van der Waals surface area contributed by atoms with E-state index in [9.17, 15) is 4.79 Å². The van der Waals surface area contributed by atoms with Crippen LogP contribution in [0.4, 0.5) is 0 Å². The van der Waals surface area contributed by atoms with Crippen molar-refractivity contribution in [1.82, 2.24) is 14.7 Å². The molecule has 0 aliphatic carbocycles. The molecular formula is C16H28N4O. The molecule has 0 atom stereocenters. The zero-order valence-corrected chi connectivity index (χ0v) is 13.6. The van der Waals surface area contributed by atoms with Gasteiger partial charge in [0.25, 0.3) is 5.91 Å². The minimum atomic E-state index is 0.129. The van der Waals surface area contributed by atoms with Crippen molar-refractivity contribution in [3.8, 4) is 0 Å². The van der Waals surface area contributed by atoms with E-state index in [4.69, 9.17) is 5.73 Å². The summed E-state index contributed by atoms with van der Waals surface area (Å²) in [5.41, 5.74) is 7.58. The first-order valence-electron chi connectivity index (χ1n) is 7.96. The molecule has 2 heterocycles. The maximum absolute atomic E-state index is 12.7. The summed E-state index contributed by atoms with van der Waals surface area (Å²) in [6.45, 7) is 9.67. The molecule has 1 aliphatic rings. The number of rotatable bonds is 4. The van der Waals surface area contributed by atoms with Crippen LogP contribution >= 0.6 is 0 Å². The van der Waals surface area contributed by atoms with Crippen LogP contribution in [-0.4, -0.2) is 40.2 Å². The van der Waals surface area contributed by atoms with Gasteiger partial charge in [-0.05, 0) is 44.6 Å². The number of aromatic nitrogens is 2. The van der Waals surface area contributed by atoms with E-state index in [-0.39, 0.29) is 5.91 Å². The van der Waals surface area contributed by atoms with Gasteiger partial charge in [0.1, 0.15) is 0 Å². The van der Waals surface area contributed by atoms with Gasteiger partial charge in [0.15, 0.2) is 0 Å². The van der Waals surface area contributed by atoms with Crippen molar-refractivity contribution in [3.63, 3.8) is 0 Å². The number of hydrogen-bond donors (Lipinski definition) is 1. The third-order valence-corrected chi connectivity index (χ3v) is 4.53. The molecule has 1 aromatic heterocycles. The summed E-state index contributed by atoms with van der Waals surface area (Å²) in [6, 6.07) is 0. The zero-order chi connectivity index (χ0) is 15.5. The van der Waals surface area contributed by atoms with Gasteiger partial charge in [0.05, 0.1) is 11.8 Å². The Morgan fingerprint density at radius 2 is 2.14 bits per heavy atom. The summed E-state index contributed by atoms with van der Waals surface area (Å²) < 4.78 is 1.89. The normalized spacial score (nSPS) is 18.6. The Balaban J connectivity index is 2.07. The van der Waals surface area contributed by atoms with Crippen molar-refractivity contribution in [3.05, 3.63) is 17.5 Å². The van der Waals surface area contributed by atoms with E-state index >= 15 is 0 Å². The Labute approximate surface area is 127 Å². The lowest BCUT2D eigenvalue weighted by atomic mass is 9.85. The van der Waals surface area contributed by atoms with Crippen LogP contribution in [0, 0.1) is 12.3 Å². The average molecular weight is 292 g/mol. The Morgan fingerprint density at radius 3 is 2.86 bits per heavy atom. The number of aryl methyl sites for hydroxylation is 1. The highest BCUT2D eigenvalue weighted by molar-refractivity contribution is 5.95. The van der Waals surface area contributed by atoms with E-state index in [1.54, 1.807) is 6.20 Å². The van der Waals surface area contributed by atoms with E-state index in [0.717, 1.165) is 50.2 Å². The number of amides is 1. The van der Waals surface area contributed by atoms with Gasteiger partial charge in [-0.1, -0.05) is 13.8 Å². The number of carbonyl (C=O) groups excluding carboxylic acids is 1. The SMILES string of the molecule is Cc1c(C(=O)N2CCCC(C)(C)CC2)cnn1CCCN. The molecule has 5 nitrogen and oxygen atoms in total. The molecule has 0 radical (unpaired) electrons. The lowest BCUT2D eigenvalue weighted by Gasteiger charge is -2.23. The molecule has 118 valence electrons. The number of nitrogens with zero attached hydrogens (tertiary/aromatic N) is 3. The quantitative estimate of drug-likeness (QED) is 0.925. The summed E-state index contributed by atoms with van der Waals surface area (Å²) in [4.78, 5) is 14.7. The fourth-order valence-electron chi connectivity index (χ4n) is 2.92. The predicted molar refractivity (Wildman–Crippen MR) is 84.2 cm³/mol. The molecule has 2 N–H and O–H groups in total. The molecule has 0 aromatic carbocycles. The highest BCUT2D eigenvalue weighted by Crippen LogP contribution is 2.30. The summed E-state index contributed by atoms with van der Waals surface area (Å²) in [5, 5.41) is 4.33. The van der Waals surface area contributed by atoms with Crippen LogP contribution in [-0.2, 0) is 6.54 Å². The molecular weight excluding hydrogens is 264 g/mol. The molecule has 21 heavy (non-hydrogen) atoms. The van der Waals surface area contributed by atoms with Crippen molar-refractivity contribution in [2.45, 2.75) is 53.0 Å². The summed E-state index contributed by atoms with van der Waals surface area (Å²) in [5.74, 6) is 0.129. The maximum Gasteiger partial charge on any atom is 0.257 e. The van der Waals surface area contributed by atoms with E-state index in [2.05, 4.69) is 18.9 Å². The Hall–Kier alpha value is -1.36. The molecule has 1 aliphatic heterocycles. The van der Waals surface area contributed by atoms with E-state index in [0.29, 0.717) is 12.0 Å². The van der Waals surface area contributed by atoms with Crippen LogP contribution in [0.25, 0.3) is 0 Å². The standard InChI is InChI=1S/C16H28N4O/c1-13-14(12-18-20(13)10-5-8-17)15(21)19-9-4-6-16(2,3)7-11-19/h12H,4-11,17H2,1-3H3. The van der Waals surface area contributed by atoms with Crippen LogP contribution in [0.5, 0.6) is 0 Å². The number of carbonyl (C=O) groups is 1. The Morgan fingerprint density at radius 1 is 1.38 bits per heavy atom. The number of nitrogens with two attached hydrogens (primary N) is 1. The van der Waals surface area contributed by atoms with Gasteiger partial charge in [-0.15, -0.1) is 0 Å². The largest absolute Gasteiger partial charge is 0.339 e. The second-order valence-corrected chi connectivity index (χ2v) is 6.82. The first-order valence-corrected chi connectivity index (χ1v) is 7.96. The molecule has 0 saturated carbocycles. The van der Waals surface area contributed by atoms with Crippen molar-refractivity contribution < 1.29 is 4.79 Å². The van der Waals surface area contributed by atoms with Crippen molar-refractivity contribution in [2.24, 2.45) is 11.1 Å². The van der Waals surface area contributed by atoms with Crippen LogP contribution in [0.3, 0.4) is 0 Å². The fraction of sp³-hybridized carbons (Fsp3) is 0.750. The minimum Gasteiger partial charge on any atom is -0.339 e. The van der Waals surface area contributed by atoms with Crippen LogP contribution in [0.1, 0.15) is 55.6 Å². The summed E-state index contributed by atoms with van der Waals surface area (Å²) in [7, 11) is 0. The average Bonchev–Trinajstić information content (AvgIpc) is 2.69. The van der Waals surface area contributed by atoms with Crippen LogP contribution < -0.4 is 5.73 Å². The highest BCUT2D eigenvalue weighted by atomic mass is 16.2. The number of likely N-dealkylation sites (tertiary alicyclic amines) is 1. The first kappa shape index (κ1) is 16.0. The van der Waals surface area contributed by atoms with Crippen molar-refractivity contribution in [1.29, 1.82) is 0 Å².